The number of primary amides is 1. The number of benzene rings is 1. The number of fused-ring (bicyclic) bond motifs is 1. The van der Waals surface area contributed by atoms with Crippen LogP contribution in [0.1, 0.15) is 18.4 Å². The number of aliphatic hydroxyl groups excluding tert-OH is 1. The molecule has 0 saturated carbocycles. The Hall–Kier alpha value is -3.97. The lowest BCUT2D eigenvalue weighted by Crippen LogP contribution is -2.54. The average Bonchev–Trinajstić information content (AvgIpc) is 3.21. The smallest absolute Gasteiger partial charge is 0.326 e. The Morgan fingerprint density at radius 3 is 2.38 bits per heavy atom. The fourth-order valence-electron chi connectivity index (χ4n) is 3.17. The number of carboxylic acids is 1. The van der Waals surface area contributed by atoms with Crippen molar-refractivity contribution >= 4 is 40.5 Å². The molecule has 2 aromatic rings. The number of carboxylic acid groups (broad SMARTS) is 1. The molecule has 0 bridgehead atoms. The van der Waals surface area contributed by atoms with Crippen molar-refractivity contribution in [1.29, 1.82) is 0 Å². The Bertz CT molecular complexity index is 1050. The third kappa shape index (κ3) is 7.56. The number of rotatable bonds is 13. The summed E-state index contributed by atoms with van der Waals surface area (Å²) < 4.78 is 0. The number of para-hydroxylation sites is 1. The molecule has 0 aliphatic rings. The van der Waals surface area contributed by atoms with Gasteiger partial charge in [-0.15, -0.1) is 0 Å². The number of hydrogen-bond donors (Lipinski definition) is 8. The molecule has 1 aromatic carbocycles. The third-order valence-corrected chi connectivity index (χ3v) is 5.00. The van der Waals surface area contributed by atoms with Crippen molar-refractivity contribution in [3.05, 3.63) is 36.0 Å². The van der Waals surface area contributed by atoms with Crippen LogP contribution >= 0.6 is 0 Å². The monoisotopic (exact) mass is 476 g/mol. The highest BCUT2D eigenvalue weighted by molar-refractivity contribution is 5.93. The van der Waals surface area contributed by atoms with E-state index in [0.717, 1.165) is 16.5 Å². The molecule has 3 atom stereocenters. The number of aromatic nitrogens is 1. The number of hydrogen-bond acceptors (Lipinski definition) is 7. The molecule has 1 aromatic heterocycles. The Morgan fingerprint density at radius 1 is 1.03 bits per heavy atom. The van der Waals surface area contributed by atoms with E-state index in [4.69, 9.17) is 21.7 Å². The summed E-state index contributed by atoms with van der Waals surface area (Å²) in [6.07, 6.45) is 1.29. The standard InChI is InChI=1S/C21H28N6O7/c22-13(10-28)19(31)27-16(7-11-8-24-14-4-2-1-3-12(11)14)20(32)25-9-18(30)26-15(21(33)34)5-6-17(23)29/h1-4,8,13,15-16,24,28H,5-7,9-10,22H2,(H2,23,29)(H,25,32)(H,26,30)(H,27,31)(H,33,34). The Kier molecular flexibility index (Phi) is 9.52. The number of amides is 4. The molecule has 13 nitrogen and oxygen atoms in total. The third-order valence-electron chi connectivity index (χ3n) is 5.00. The van der Waals surface area contributed by atoms with Crippen molar-refractivity contribution in [3.8, 4) is 0 Å². The number of carbonyl (C=O) groups is 5. The quantitative estimate of drug-likeness (QED) is 0.153. The molecule has 0 aliphatic heterocycles. The van der Waals surface area contributed by atoms with Crippen LogP contribution in [0.3, 0.4) is 0 Å². The molecule has 0 spiro atoms. The summed E-state index contributed by atoms with van der Waals surface area (Å²) in [4.78, 5) is 62.3. The van der Waals surface area contributed by atoms with Crippen molar-refractivity contribution in [2.24, 2.45) is 11.5 Å². The van der Waals surface area contributed by atoms with Gasteiger partial charge < -0.3 is 42.6 Å². The maximum atomic E-state index is 12.8. The minimum Gasteiger partial charge on any atom is -0.480 e. The zero-order valence-electron chi connectivity index (χ0n) is 18.2. The van der Waals surface area contributed by atoms with E-state index >= 15 is 0 Å². The van der Waals surface area contributed by atoms with Gasteiger partial charge in [-0.2, -0.15) is 0 Å². The van der Waals surface area contributed by atoms with Gasteiger partial charge in [-0.25, -0.2) is 4.79 Å². The molecule has 0 fully saturated rings. The second kappa shape index (κ2) is 12.3. The minimum atomic E-state index is -1.36. The predicted molar refractivity (Wildman–Crippen MR) is 120 cm³/mol. The first-order chi connectivity index (χ1) is 16.1. The van der Waals surface area contributed by atoms with E-state index in [1.807, 2.05) is 24.3 Å². The van der Waals surface area contributed by atoms with Crippen LogP contribution in [0.2, 0.25) is 0 Å². The van der Waals surface area contributed by atoms with Crippen LogP contribution in [-0.4, -0.2) is 76.1 Å². The largest absolute Gasteiger partial charge is 0.480 e. The Labute approximate surface area is 194 Å². The number of carbonyl (C=O) groups excluding carboxylic acids is 4. The van der Waals surface area contributed by atoms with Crippen LogP contribution < -0.4 is 27.4 Å². The number of nitrogens with two attached hydrogens (primary N) is 2. The molecule has 0 radical (unpaired) electrons. The van der Waals surface area contributed by atoms with Crippen LogP contribution in [0.15, 0.2) is 30.5 Å². The lowest BCUT2D eigenvalue weighted by Gasteiger charge is -2.20. The number of nitrogens with one attached hydrogen (secondary N) is 4. The fraction of sp³-hybridized carbons (Fsp3) is 0.381. The second-order valence-electron chi connectivity index (χ2n) is 7.59. The van der Waals surface area contributed by atoms with E-state index in [1.54, 1.807) is 6.20 Å². The number of H-pyrrole nitrogens is 1. The molecule has 4 amide bonds. The van der Waals surface area contributed by atoms with E-state index in [-0.39, 0.29) is 19.3 Å². The second-order valence-corrected chi connectivity index (χ2v) is 7.59. The van der Waals surface area contributed by atoms with Crippen LogP contribution in [-0.2, 0) is 30.4 Å². The fourth-order valence-corrected chi connectivity index (χ4v) is 3.17. The zero-order chi connectivity index (χ0) is 25.3. The van der Waals surface area contributed by atoms with Gasteiger partial charge in [-0.05, 0) is 18.1 Å². The topological polar surface area (TPSA) is 230 Å². The van der Waals surface area contributed by atoms with Gasteiger partial charge in [0.2, 0.25) is 23.6 Å². The molecule has 34 heavy (non-hydrogen) atoms. The van der Waals surface area contributed by atoms with Crippen molar-refractivity contribution < 1.29 is 34.2 Å². The zero-order valence-corrected chi connectivity index (χ0v) is 18.2. The van der Waals surface area contributed by atoms with E-state index in [9.17, 15) is 24.0 Å². The molecule has 1 heterocycles. The molecule has 2 rings (SSSR count). The summed E-state index contributed by atoms with van der Waals surface area (Å²) in [7, 11) is 0. The molecule has 0 aliphatic carbocycles. The van der Waals surface area contributed by atoms with E-state index in [2.05, 4.69) is 20.9 Å². The summed E-state index contributed by atoms with van der Waals surface area (Å²) in [6, 6.07) is 3.59. The van der Waals surface area contributed by atoms with Crippen LogP contribution in [0.25, 0.3) is 10.9 Å². The lowest BCUT2D eigenvalue weighted by atomic mass is 10.0. The van der Waals surface area contributed by atoms with Gasteiger partial charge in [0.1, 0.15) is 18.1 Å². The summed E-state index contributed by atoms with van der Waals surface area (Å²) in [6.45, 7) is -1.21. The number of aliphatic carboxylic acids is 1. The Balaban J connectivity index is 2.07. The normalized spacial score (nSPS) is 13.5. The first kappa shape index (κ1) is 26.3. The average molecular weight is 476 g/mol. The van der Waals surface area contributed by atoms with Crippen LogP contribution in [0.4, 0.5) is 0 Å². The van der Waals surface area contributed by atoms with Gasteiger partial charge in [-0.1, -0.05) is 18.2 Å². The summed E-state index contributed by atoms with van der Waals surface area (Å²) in [5, 5.41) is 26.1. The Morgan fingerprint density at radius 2 is 1.74 bits per heavy atom. The van der Waals surface area contributed by atoms with Gasteiger partial charge in [0.25, 0.3) is 0 Å². The molecule has 13 heteroatoms. The van der Waals surface area contributed by atoms with Gasteiger partial charge >= 0.3 is 5.97 Å². The highest BCUT2D eigenvalue weighted by Gasteiger charge is 2.26. The van der Waals surface area contributed by atoms with Crippen molar-refractivity contribution in [2.45, 2.75) is 37.4 Å². The van der Waals surface area contributed by atoms with Gasteiger partial charge in [0, 0.05) is 29.9 Å². The van der Waals surface area contributed by atoms with E-state index in [0.29, 0.717) is 0 Å². The van der Waals surface area contributed by atoms with Crippen molar-refractivity contribution in [2.75, 3.05) is 13.2 Å². The van der Waals surface area contributed by atoms with Crippen molar-refractivity contribution in [1.82, 2.24) is 20.9 Å². The maximum Gasteiger partial charge on any atom is 0.326 e. The highest BCUT2D eigenvalue weighted by Crippen LogP contribution is 2.19. The summed E-state index contributed by atoms with van der Waals surface area (Å²) >= 11 is 0. The molecular weight excluding hydrogens is 448 g/mol. The van der Waals surface area contributed by atoms with E-state index < -0.39 is 60.9 Å². The minimum absolute atomic E-state index is 0.0533. The molecular formula is C21H28N6O7. The summed E-state index contributed by atoms with van der Waals surface area (Å²) in [5.74, 6) is -4.36. The number of aliphatic hydroxyl groups is 1. The van der Waals surface area contributed by atoms with Crippen LogP contribution in [0, 0.1) is 0 Å². The van der Waals surface area contributed by atoms with Gasteiger partial charge in [-0.3, -0.25) is 19.2 Å². The molecule has 184 valence electrons. The van der Waals surface area contributed by atoms with Gasteiger partial charge in [0.05, 0.1) is 13.2 Å². The molecule has 0 saturated heterocycles. The maximum absolute atomic E-state index is 12.8. The predicted octanol–water partition coefficient (Wildman–Crippen LogP) is -2.53. The summed E-state index contributed by atoms with van der Waals surface area (Å²) in [5.41, 5.74) is 12.1. The molecule has 10 N–H and O–H groups in total. The first-order valence-corrected chi connectivity index (χ1v) is 10.4. The molecule has 3 unspecified atom stereocenters. The SMILES string of the molecule is NC(=O)CCC(NC(=O)CNC(=O)C(Cc1c[nH]c2ccccc12)NC(=O)C(N)CO)C(=O)O. The number of aromatic amines is 1. The van der Waals surface area contributed by atoms with Crippen molar-refractivity contribution in [3.63, 3.8) is 0 Å². The highest BCUT2D eigenvalue weighted by atomic mass is 16.4. The lowest BCUT2D eigenvalue weighted by molar-refractivity contribution is -0.142. The first-order valence-electron chi connectivity index (χ1n) is 10.4. The van der Waals surface area contributed by atoms with E-state index in [1.165, 1.54) is 0 Å². The van der Waals surface area contributed by atoms with Gasteiger partial charge in [0.15, 0.2) is 0 Å². The van der Waals surface area contributed by atoms with Crippen LogP contribution in [0.5, 0.6) is 0 Å².